The fourth-order valence-electron chi connectivity index (χ4n) is 4.54. The van der Waals surface area contributed by atoms with Gasteiger partial charge in [-0.3, -0.25) is 4.79 Å². The average molecular weight is 380 g/mol. The van der Waals surface area contributed by atoms with Crippen LogP contribution in [0.1, 0.15) is 45.1 Å². The van der Waals surface area contributed by atoms with E-state index in [1.807, 2.05) is 47.5 Å². The zero-order valence-corrected chi connectivity index (χ0v) is 16.6. The van der Waals surface area contributed by atoms with Gasteiger partial charge in [0.15, 0.2) is 0 Å². The molecule has 0 radical (unpaired) electrons. The van der Waals surface area contributed by atoms with Crippen LogP contribution in [-0.2, 0) is 6.42 Å². The van der Waals surface area contributed by atoms with E-state index in [0.717, 1.165) is 13.0 Å². The van der Waals surface area contributed by atoms with E-state index in [1.165, 1.54) is 34.4 Å². The van der Waals surface area contributed by atoms with Gasteiger partial charge in [-0.2, -0.15) is 0 Å². The summed E-state index contributed by atoms with van der Waals surface area (Å²) in [6, 6.07) is 24.5. The number of fused-ring (bicyclic) bond motifs is 2. The maximum absolute atomic E-state index is 13.4. The molecule has 2 aliphatic rings. The second-order valence-electron chi connectivity index (χ2n) is 7.84. The van der Waals surface area contributed by atoms with Crippen LogP contribution in [0.5, 0.6) is 0 Å². The molecular weight excluding hydrogens is 356 g/mol. The van der Waals surface area contributed by atoms with Gasteiger partial charge in [0.1, 0.15) is 0 Å². The molecule has 3 aromatic rings. The summed E-state index contributed by atoms with van der Waals surface area (Å²) in [5.41, 5.74) is 6.89. The minimum atomic E-state index is -0.124. The van der Waals surface area contributed by atoms with Crippen molar-refractivity contribution in [2.75, 3.05) is 18.5 Å². The molecule has 2 aliphatic heterocycles. The number of amides is 1. The van der Waals surface area contributed by atoms with Gasteiger partial charge < -0.3 is 9.80 Å². The minimum absolute atomic E-state index is 0.0243. The molecule has 0 saturated heterocycles. The van der Waals surface area contributed by atoms with Crippen molar-refractivity contribution in [1.82, 2.24) is 4.90 Å². The Morgan fingerprint density at radius 1 is 0.966 bits per heavy atom. The third-order valence-electron chi connectivity index (χ3n) is 6.01. The summed E-state index contributed by atoms with van der Waals surface area (Å²) in [5.74, 6) is 0.0243. The van der Waals surface area contributed by atoms with Gasteiger partial charge in [0.05, 0.1) is 6.04 Å². The van der Waals surface area contributed by atoms with E-state index in [9.17, 15) is 4.79 Å². The molecule has 0 aromatic heterocycles. The predicted molar refractivity (Wildman–Crippen MR) is 118 cm³/mol. The smallest absolute Gasteiger partial charge is 0.258 e. The number of hydrogen-bond acceptors (Lipinski definition) is 2. The van der Waals surface area contributed by atoms with Gasteiger partial charge in [-0.15, -0.1) is 0 Å². The third-order valence-corrected chi connectivity index (χ3v) is 6.01. The summed E-state index contributed by atoms with van der Waals surface area (Å²) in [5, 5.41) is 0. The summed E-state index contributed by atoms with van der Waals surface area (Å²) in [6.45, 7) is 1.10. The first-order valence-electron chi connectivity index (χ1n) is 10.2. The van der Waals surface area contributed by atoms with Crippen LogP contribution in [0.3, 0.4) is 0 Å². The lowest BCUT2D eigenvalue weighted by atomic mass is 9.88. The van der Waals surface area contributed by atoms with Crippen LogP contribution in [0.2, 0.25) is 0 Å². The lowest BCUT2D eigenvalue weighted by Crippen LogP contribution is -2.33. The van der Waals surface area contributed by atoms with Crippen molar-refractivity contribution in [1.29, 1.82) is 0 Å². The monoisotopic (exact) mass is 380 g/mol. The minimum Gasteiger partial charge on any atom is -0.374 e. The van der Waals surface area contributed by atoms with Gasteiger partial charge in [-0.05, 0) is 59.4 Å². The molecule has 5 rings (SSSR count). The predicted octanol–water partition coefficient (Wildman–Crippen LogP) is 5.29. The Balaban J connectivity index is 1.62. The lowest BCUT2D eigenvalue weighted by molar-refractivity contribution is 0.0787. The highest BCUT2D eigenvalue weighted by molar-refractivity contribution is 5.96. The Hall–Kier alpha value is -3.33. The van der Waals surface area contributed by atoms with Crippen molar-refractivity contribution in [3.63, 3.8) is 0 Å². The van der Waals surface area contributed by atoms with E-state index >= 15 is 0 Å². The van der Waals surface area contributed by atoms with E-state index in [0.29, 0.717) is 5.56 Å². The van der Waals surface area contributed by atoms with Gasteiger partial charge in [-0.1, -0.05) is 54.6 Å². The second kappa shape index (κ2) is 7.25. The number of hydrogen-bond donors (Lipinski definition) is 0. The molecule has 144 valence electrons. The van der Waals surface area contributed by atoms with Crippen molar-refractivity contribution in [2.45, 2.75) is 18.9 Å². The molecule has 29 heavy (non-hydrogen) atoms. The Morgan fingerprint density at radius 2 is 1.76 bits per heavy atom. The molecule has 0 saturated carbocycles. The zero-order chi connectivity index (χ0) is 19.8. The summed E-state index contributed by atoms with van der Waals surface area (Å²) < 4.78 is 0. The SMILES string of the molecule is CN1CCCc2cc(C3c4ccccc4C=CN3C(=O)c3ccccc3)ccc21. The number of benzene rings is 3. The van der Waals surface area contributed by atoms with Crippen molar-refractivity contribution >= 4 is 17.7 Å². The molecule has 1 atom stereocenters. The van der Waals surface area contributed by atoms with Gasteiger partial charge in [-0.25, -0.2) is 0 Å². The molecule has 1 unspecified atom stereocenters. The summed E-state index contributed by atoms with van der Waals surface area (Å²) in [6.07, 6.45) is 6.23. The van der Waals surface area contributed by atoms with Gasteiger partial charge in [0, 0.05) is 31.0 Å². The highest BCUT2D eigenvalue weighted by atomic mass is 16.2. The highest BCUT2D eigenvalue weighted by Gasteiger charge is 2.30. The first-order valence-corrected chi connectivity index (χ1v) is 10.2. The first-order chi connectivity index (χ1) is 14.2. The molecule has 0 spiro atoms. The molecule has 0 N–H and O–H groups in total. The van der Waals surface area contributed by atoms with E-state index in [-0.39, 0.29) is 11.9 Å². The summed E-state index contributed by atoms with van der Waals surface area (Å²) >= 11 is 0. The van der Waals surface area contributed by atoms with Crippen molar-refractivity contribution < 1.29 is 4.79 Å². The topological polar surface area (TPSA) is 23.6 Å². The molecule has 1 amide bonds. The van der Waals surface area contributed by atoms with E-state index in [1.54, 1.807) is 0 Å². The van der Waals surface area contributed by atoms with Crippen LogP contribution in [0.15, 0.2) is 79.0 Å². The van der Waals surface area contributed by atoms with Crippen molar-refractivity contribution in [3.8, 4) is 0 Å². The van der Waals surface area contributed by atoms with Gasteiger partial charge >= 0.3 is 0 Å². The molecule has 3 heteroatoms. The van der Waals surface area contributed by atoms with Crippen LogP contribution >= 0.6 is 0 Å². The summed E-state index contributed by atoms with van der Waals surface area (Å²) in [4.78, 5) is 17.6. The average Bonchev–Trinajstić information content (AvgIpc) is 2.78. The Labute approximate surface area is 171 Å². The van der Waals surface area contributed by atoms with E-state index < -0.39 is 0 Å². The first kappa shape index (κ1) is 17.7. The Morgan fingerprint density at radius 3 is 2.62 bits per heavy atom. The highest BCUT2D eigenvalue weighted by Crippen LogP contribution is 2.38. The zero-order valence-electron chi connectivity index (χ0n) is 16.6. The molecule has 3 nitrogen and oxygen atoms in total. The third kappa shape index (κ3) is 3.13. The molecule has 0 bridgehead atoms. The molecule has 0 aliphatic carbocycles. The normalized spacial score (nSPS) is 17.6. The fourth-order valence-corrected chi connectivity index (χ4v) is 4.54. The number of nitrogens with zero attached hydrogens (tertiary/aromatic N) is 2. The number of aryl methyl sites for hydroxylation is 1. The fraction of sp³-hybridized carbons (Fsp3) is 0.192. The van der Waals surface area contributed by atoms with E-state index in [2.05, 4.69) is 54.4 Å². The van der Waals surface area contributed by atoms with Crippen molar-refractivity contribution in [3.05, 3.63) is 107 Å². The maximum Gasteiger partial charge on any atom is 0.258 e. The maximum atomic E-state index is 13.4. The van der Waals surface area contributed by atoms with Gasteiger partial charge in [0.2, 0.25) is 0 Å². The standard InChI is InChI=1S/C26H24N2O/c1-27-16-7-11-21-18-22(13-14-24(21)27)25-23-12-6-5-8-19(23)15-17-28(25)26(29)20-9-3-2-4-10-20/h2-6,8-10,12-15,17-18,25H,7,11,16H2,1H3. The molecular formula is C26H24N2O. The number of rotatable bonds is 2. The largest absolute Gasteiger partial charge is 0.374 e. The quantitative estimate of drug-likeness (QED) is 0.603. The Bertz CT molecular complexity index is 1090. The Kier molecular flexibility index (Phi) is 4.44. The van der Waals surface area contributed by atoms with E-state index in [4.69, 9.17) is 0 Å². The number of anilines is 1. The van der Waals surface area contributed by atoms with Crippen LogP contribution in [0, 0.1) is 0 Å². The molecule has 2 heterocycles. The van der Waals surface area contributed by atoms with Gasteiger partial charge in [0.25, 0.3) is 5.91 Å². The second-order valence-corrected chi connectivity index (χ2v) is 7.84. The van der Waals surface area contributed by atoms with Crippen LogP contribution in [0.4, 0.5) is 5.69 Å². The number of carbonyl (C=O) groups is 1. The van der Waals surface area contributed by atoms with Crippen LogP contribution < -0.4 is 4.90 Å². The van der Waals surface area contributed by atoms with Crippen molar-refractivity contribution in [2.24, 2.45) is 0 Å². The lowest BCUT2D eigenvalue weighted by Gasteiger charge is -2.35. The van der Waals surface area contributed by atoms with Crippen LogP contribution in [0.25, 0.3) is 6.08 Å². The molecule has 3 aromatic carbocycles. The summed E-state index contributed by atoms with van der Waals surface area (Å²) in [7, 11) is 2.15. The number of carbonyl (C=O) groups excluding carboxylic acids is 1. The molecule has 0 fully saturated rings. The van der Waals surface area contributed by atoms with Crippen LogP contribution in [-0.4, -0.2) is 24.4 Å².